The Labute approximate surface area is 224 Å². The first-order chi connectivity index (χ1) is 17.4. The van der Waals surface area contributed by atoms with Gasteiger partial charge in [-0.3, -0.25) is 14.5 Å². The molecule has 184 valence electrons. The predicted molar refractivity (Wildman–Crippen MR) is 146 cm³/mol. The number of amides is 2. The second-order valence-corrected chi connectivity index (χ2v) is 9.82. The van der Waals surface area contributed by atoms with E-state index in [2.05, 4.69) is 6.58 Å². The molecule has 0 spiro atoms. The Bertz CT molecular complexity index is 1340. The highest BCUT2D eigenvalue weighted by atomic mass is 35.5. The second-order valence-electron chi connectivity index (χ2n) is 7.98. The van der Waals surface area contributed by atoms with Gasteiger partial charge in [-0.15, -0.1) is 6.58 Å². The molecule has 0 bridgehead atoms. The third-order valence-corrected chi connectivity index (χ3v) is 7.02. The molecule has 1 saturated heterocycles. The highest BCUT2D eigenvalue weighted by Crippen LogP contribution is 2.38. The molecule has 3 aromatic carbocycles. The Morgan fingerprint density at radius 3 is 2.47 bits per heavy atom. The Kier molecular flexibility index (Phi) is 8.41. The molecule has 0 atom stereocenters. The summed E-state index contributed by atoms with van der Waals surface area (Å²) in [5.74, 6) is 0.749. The number of rotatable bonds is 9. The minimum Gasteiger partial charge on any atom is -0.493 e. The largest absolute Gasteiger partial charge is 0.493 e. The summed E-state index contributed by atoms with van der Waals surface area (Å²) < 4.78 is 11.7. The van der Waals surface area contributed by atoms with Gasteiger partial charge in [-0.05, 0) is 71.3 Å². The molecule has 0 aliphatic carbocycles. The minimum atomic E-state index is -0.364. The van der Waals surface area contributed by atoms with Crippen molar-refractivity contribution in [2.75, 3.05) is 7.11 Å². The van der Waals surface area contributed by atoms with Crippen LogP contribution in [-0.4, -0.2) is 23.2 Å². The van der Waals surface area contributed by atoms with Crippen LogP contribution in [0.25, 0.3) is 6.08 Å². The quantitative estimate of drug-likeness (QED) is 0.207. The first kappa shape index (κ1) is 25.9. The summed E-state index contributed by atoms with van der Waals surface area (Å²) in [5, 5.41) is 0.824. The number of allylic oxidation sites excluding steroid dienone is 1. The fraction of sp³-hybridized carbons (Fsp3) is 0.143. The lowest BCUT2D eigenvalue weighted by molar-refractivity contribution is -0.123. The van der Waals surface area contributed by atoms with Gasteiger partial charge >= 0.3 is 0 Å². The average Bonchev–Trinajstić information content (AvgIpc) is 3.12. The number of carbonyl (C=O) groups is 2. The summed E-state index contributed by atoms with van der Waals surface area (Å²) in [6.45, 7) is 4.29. The van der Waals surface area contributed by atoms with Gasteiger partial charge < -0.3 is 9.47 Å². The average molecular weight is 540 g/mol. The van der Waals surface area contributed by atoms with E-state index in [0.29, 0.717) is 50.6 Å². The molecule has 4 rings (SSSR count). The second kappa shape index (κ2) is 11.7. The number of carbonyl (C=O) groups excluding carboxylic acids is 2. The van der Waals surface area contributed by atoms with Crippen LogP contribution >= 0.6 is 35.0 Å². The lowest BCUT2D eigenvalue weighted by Crippen LogP contribution is -2.27. The lowest BCUT2D eigenvalue weighted by atomic mass is 10.0. The van der Waals surface area contributed by atoms with Gasteiger partial charge in [0.1, 0.15) is 6.61 Å². The molecule has 0 unspecified atom stereocenters. The molecule has 8 heteroatoms. The van der Waals surface area contributed by atoms with E-state index in [4.69, 9.17) is 32.7 Å². The molecule has 2 amide bonds. The van der Waals surface area contributed by atoms with Gasteiger partial charge in [0, 0.05) is 15.6 Å². The Morgan fingerprint density at radius 2 is 1.78 bits per heavy atom. The molecule has 1 aliphatic heterocycles. The monoisotopic (exact) mass is 539 g/mol. The molecule has 1 heterocycles. The van der Waals surface area contributed by atoms with E-state index in [-0.39, 0.29) is 17.7 Å². The zero-order chi connectivity index (χ0) is 25.7. The summed E-state index contributed by atoms with van der Waals surface area (Å²) >= 11 is 13.1. The fourth-order valence-corrected chi connectivity index (χ4v) is 4.87. The van der Waals surface area contributed by atoms with Crippen molar-refractivity contribution in [3.8, 4) is 11.5 Å². The number of hydrogen-bond donors (Lipinski definition) is 0. The highest BCUT2D eigenvalue weighted by molar-refractivity contribution is 8.18. The number of imide groups is 1. The van der Waals surface area contributed by atoms with Crippen LogP contribution < -0.4 is 9.47 Å². The third-order valence-electron chi connectivity index (χ3n) is 5.49. The summed E-state index contributed by atoms with van der Waals surface area (Å²) in [6, 6.07) is 18.3. The Morgan fingerprint density at radius 1 is 1.03 bits per heavy atom. The molecule has 0 N–H and O–H groups in total. The van der Waals surface area contributed by atoms with Crippen LogP contribution in [0, 0.1) is 0 Å². The van der Waals surface area contributed by atoms with E-state index in [9.17, 15) is 9.59 Å². The van der Waals surface area contributed by atoms with Crippen LogP contribution in [0.15, 0.2) is 78.2 Å². The smallest absolute Gasteiger partial charge is 0.293 e. The molecule has 1 aliphatic rings. The van der Waals surface area contributed by atoms with Gasteiger partial charge in [-0.2, -0.15) is 0 Å². The number of benzene rings is 3. The van der Waals surface area contributed by atoms with Crippen molar-refractivity contribution in [3.05, 3.63) is 111 Å². The van der Waals surface area contributed by atoms with Crippen LogP contribution in [-0.2, 0) is 24.4 Å². The minimum absolute atomic E-state index is 0.115. The summed E-state index contributed by atoms with van der Waals surface area (Å²) in [6.07, 6.45) is 3.99. The van der Waals surface area contributed by atoms with E-state index in [1.807, 2.05) is 36.4 Å². The zero-order valence-corrected chi connectivity index (χ0v) is 21.8. The molecular weight excluding hydrogens is 517 g/mol. The van der Waals surface area contributed by atoms with Gasteiger partial charge in [0.2, 0.25) is 0 Å². The Hall–Kier alpha value is -3.19. The Balaban J connectivity index is 1.59. The molecule has 3 aromatic rings. The number of halogens is 2. The van der Waals surface area contributed by atoms with E-state index >= 15 is 0 Å². The van der Waals surface area contributed by atoms with Gasteiger partial charge in [0.25, 0.3) is 11.1 Å². The van der Waals surface area contributed by atoms with Crippen molar-refractivity contribution < 1.29 is 19.1 Å². The van der Waals surface area contributed by atoms with Gasteiger partial charge in [0.05, 0.1) is 18.6 Å². The van der Waals surface area contributed by atoms with Crippen LogP contribution in [0.2, 0.25) is 10.0 Å². The first-order valence-electron chi connectivity index (χ1n) is 11.1. The highest BCUT2D eigenvalue weighted by Gasteiger charge is 2.35. The van der Waals surface area contributed by atoms with Gasteiger partial charge in [-0.25, -0.2) is 0 Å². The number of methoxy groups -OCH3 is 1. The van der Waals surface area contributed by atoms with Crippen molar-refractivity contribution >= 4 is 52.2 Å². The SMILES string of the molecule is C=CCc1cc(/C=C2\SC(=O)N(Cc3ccccc3Cl)C2=O)cc(OC)c1OCc1ccc(Cl)cc1. The standard InChI is InChI=1S/C28H23Cl2NO4S/c1-3-6-20-13-19(14-24(34-2)26(20)35-17-18-9-11-22(29)12-10-18)15-25-27(32)31(28(33)36-25)16-21-7-4-5-8-23(21)30/h3-5,7-15H,1,6,16-17H2,2H3/b25-15-. The number of nitrogens with zero attached hydrogens (tertiary/aromatic N) is 1. The maximum absolute atomic E-state index is 13.0. The molecular formula is C28H23Cl2NO4S. The van der Waals surface area contributed by atoms with Crippen LogP contribution in [0.4, 0.5) is 4.79 Å². The van der Waals surface area contributed by atoms with Gasteiger partial charge in [-0.1, -0.05) is 59.6 Å². The van der Waals surface area contributed by atoms with Crippen LogP contribution in [0.5, 0.6) is 11.5 Å². The fourth-order valence-electron chi connectivity index (χ4n) is 3.71. The number of thioether (sulfide) groups is 1. The van der Waals surface area contributed by atoms with E-state index in [0.717, 1.165) is 22.9 Å². The van der Waals surface area contributed by atoms with E-state index < -0.39 is 0 Å². The van der Waals surface area contributed by atoms with E-state index in [1.54, 1.807) is 43.5 Å². The van der Waals surface area contributed by atoms with Crippen molar-refractivity contribution in [1.29, 1.82) is 0 Å². The molecule has 36 heavy (non-hydrogen) atoms. The summed E-state index contributed by atoms with van der Waals surface area (Å²) in [5.41, 5.74) is 3.23. The third kappa shape index (κ3) is 5.95. The van der Waals surface area contributed by atoms with Crippen molar-refractivity contribution in [1.82, 2.24) is 4.90 Å². The van der Waals surface area contributed by atoms with Crippen LogP contribution in [0.1, 0.15) is 22.3 Å². The van der Waals surface area contributed by atoms with Crippen molar-refractivity contribution in [3.63, 3.8) is 0 Å². The zero-order valence-electron chi connectivity index (χ0n) is 19.5. The molecule has 0 aromatic heterocycles. The number of ether oxygens (including phenoxy) is 2. The number of hydrogen-bond acceptors (Lipinski definition) is 5. The summed E-state index contributed by atoms with van der Waals surface area (Å²) in [4.78, 5) is 27.2. The topological polar surface area (TPSA) is 55.8 Å². The molecule has 1 fully saturated rings. The molecule has 0 radical (unpaired) electrons. The van der Waals surface area contributed by atoms with Crippen LogP contribution in [0.3, 0.4) is 0 Å². The van der Waals surface area contributed by atoms with Gasteiger partial charge in [0.15, 0.2) is 11.5 Å². The van der Waals surface area contributed by atoms with E-state index in [1.165, 1.54) is 4.90 Å². The normalized spacial score (nSPS) is 14.4. The predicted octanol–water partition coefficient (Wildman–Crippen LogP) is 7.55. The first-order valence-corrected chi connectivity index (χ1v) is 12.6. The maximum Gasteiger partial charge on any atom is 0.293 e. The van der Waals surface area contributed by atoms with Crippen molar-refractivity contribution in [2.45, 2.75) is 19.6 Å². The lowest BCUT2D eigenvalue weighted by Gasteiger charge is -2.16. The van der Waals surface area contributed by atoms with Crippen molar-refractivity contribution in [2.24, 2.45) is 0 Å². The summed E-state index contributed by atoms with van der Waals surface area (Å²) in [7, 11) is 1.56. The molecule has 5 nitrogen and oxygen atoms in total. The maximum atomic E-state index is 13.0. The molecule has 0 saturated carbocycles.